The molecule has 0 aliphatic heterocycles. The lowest BCUT2D eigenvalue weighted by atomic mass is 9.94. The maximum Gasteiger partial charge on any atom is 0.136 e. The van der Waals surface area contributed by atoms with Gasteiger partial charge in [0.1, 0.15) is 11.5 Å². The Morgan fingerprint density at radius 2 is 1.78 bits per heavy atom. The van der Waals surface area contributed by atoms with Gasteiger partial charge in [-0.15, -0.1) is 0 Å². The molecule has 0 spiro atoms. The molecule has 4 heteroatoms. The van der Waals surface area contributed by atoms with Crippen LogP contribution in [0.15, 0.2) is 16.6 Å². The third kappa shape index (κ3) is 4.18. The number of methoxy groups -OCH3 is 2. The minimum atomic E-state index is 0.229. The van der Waals surface area contributed by atoms with Crippen LogP contribution in [0.1, 0.15) is 25.8 Å². The summed E-state index contributed by atoms with van der Waals surface area (Å²) in [6, 6.07) is 4.21. The summed E-state index contributed by atoms with van der Waals surface area (Å²) in [5.41, 5.74) is 7.01. The van der Waals surface area contributed by atoms with Gasteiger partial charge in [-0.25, -0.2) is 0 Å². The molecule has 2 N–H and O–H groups in total. The molecule has 2 unspecified atom stereocenters. The van der Waals surface area contributed by atoms with Gasteiger partial charge in [0.25, 0.3) is 0 Å². The van der Waals surface area contributed by atoms with E-state index in [1.54, 1.807) is 14.2 Å². The summed E-state index contributed by atoms with van der Waals surface area (Å²) < 4.78 is 11.6. The monoisotopic (exact) mass is 315 g/mol. The summed E-state index contributed by atoms with van der Waals surface area (Å²) in [5, 5.41) is 0. The van der Waals surface area contributed by atoms with Crippen molar-refractivity contribution in [2.45, 2.75) is 32.7 Å². The highest BCUT2D eigenvalue weighted by Crippen LogP contribution is 2.34. The SMILES string of the molecule is COc1cc(OC)c(CC(C)CC(C)N)cc1Br. The first-order chi connectivity index (χ1) is 8.47. The summed E-state index contributed by atoms with van der Waals surface area (Å²) in [7, 11) is 3.33. The van der Waals surface area contributed by atoms with Crippen LogP contribution in [0.2, 0.25) is 0 Å². The first kappa shape index (κ1) is 15.3. The van der Waals surface area contributed by atoms with E-state index < -0.39 is 0 Å². The minimum absolute atomic E-state index is 0.229. The van der Waals surface area contributed by atoms with Gasteiger partial charge in [0.05, 0.1) is 18.7 Å². The molecule has 3 nitrogen and oxygen atoms in total. The molecular formula is C14H22BrNO2. The standard InChI is InChI=1S/C14H22BrNO2/c1-9(5-10(2)16)6-11-7-12(15)14(18-4)8-13(11)17-3/h7-10H,5-6,16H2,1-4H3. The molecule has 0 bridgehead atoms. The first-order valence-electron chi connectivity index (χ1n) is 6.13. The van der Waals surface area contributed by atoms with E-state index >= 15 is 0 Å². The molecule has 0 aliphatic carbocycles. The third-order valence-electron chi connectivity index (χ3n) is 2.90. The van der Waals surface area contributed by atoms with Crippen LogP contribution in [0.25, 0.3) is 0 Å². The Bertz CT molecular complexity index is 394. The Morgan fingerprint density at radius 3 is 2.28 bits per heavy atom. The Morgan fingerprint density at radius 1 is 1.17 bits per heavy atom. The van der Waals surface area contributed by atoms with Crippen molar-refractivity contribution < 1.29 is 9.47 Å². The summed E-state index contributed by atoms with van der Waals surface area (Å²) in [6.07, 6.45) is 1.96. The van der Waals surface area contributed by atoms with Crippen LogP contribution in [0.4, 0.5) is 0 Å². The van der Waals surface area contributed by atoms with Crippen LogP contribution < -0.4 is 15.2 Å². The molecule has 1 aromatic carbocycles. The van der Waals surface area contributed by atoms with Crippen molar-refractivity contribution in [2.24, 2.45) is 11.7 Å². The van der Waals surface area contributed by atoms with Gasteiger partial charge in [-0.2, -0.15) is 0 Å². The highest BCUT2D eigenvalue weighted by Gasteiger charge is 2.13. The number of benzene rings is 1. The Kier molecular flexibility index (Phi) is 5.96. The largest absolute Gasteiger partial charge is 0.496 e. The molecule has 0 fully saturated rings. The van der Waals surface area contributed by atoms with Crippen LogP contribution in [-0.2, 0) is 6.42 Å². The lowest BCUT2D eigenvalue weighted by Crippen LogP contribution is -2.19. The van der Waals surface area contributed by atoms with Crippen LogP contribution in [0.5, 0.6) is 11.5 Å². The second-order valence-electron chi connectivity index (χ2n) is 4.82. The number of halogens is 1. The summed E-state index contributed by atoms with van der Waals surface area (Å²) in [5.74, 6) is 2.18. The summed E-state index contributed by atoms with van der Waals surface area (Å²) in [4.78, 5) is 0. The molecular weight excluding hydrogens is 294 g/mol. The van der Waals surface area contributed by atoms with E-state index in [-0.39, 0.29) is 6.04 Å². The molecule has 2 atom stereocenters. The third-order valence-corrected chi connectivity index (χ3v) is 3.52. The quantitative estimate of drug-likeness (QED) is 0.875. The Balaban J connectivity index is 2.90. The fourth-order valence-electron chi connectivity index (χ4n) is 2.18. The number of hydrogen-bond acceptors (Lipinski definition) is 3. The van der Waals surface area contributed by atoms with E-state index in [1.807, 2.05) is 13.0 Å². The normalized spacial score (nSPS) is 14.1. The molecule has 0 aliphatic rings. The highest BCUT2D eigenvalue weighted by atomic mass is 79.9. The number of ether oxygens (including phenoxy) is 2. The fraction of sp³-hybridized carbons (Fsp3) is 0.571. The zero-order chi connectivity index (χ0) is 13.7. The van der Waals surface area contributed by atoms with E-state index in [9.17, 15) is 0 Å². The zero-order valence-electron chi connectivity index (χ0n) is 11.5. The number of rotatable bonds is 6. The van der Waals surface area contributed by atoms with Crippen LogP contribution in [-0.4, -0.2) is 20.3 Å². The molecule has 0 saturated carbocycles. The van der Waals surface area contributed by atoms with Crippen molar-refractivity contribution in [3.05, 3.63) is 22.2 Å². The summed E-state index contributed by atoms with van der Waals surface area (Å²) in [6.45, 7) is 4.25. The molecule has 1 aromatic rings. The molecule has 0 radical (unpaired) electrons. The van der Waals surface area contributed by atoms with Gasteiger partial charge in [-0.1, -0.05) is 6.92 Å². The van der Waals surface area contributed by atoms with Crippen molar-refractivity contribution in [3.63, 3.8) is 0 Å². The Hall–Kier alpha value is -0.740. The molecule has 0 aromatic heterocycles. The fourth-order valence-corrected chi connectivity index (χ4v) is 2.73. The number of nitrogens with two attached hydrogens (primary N) is 1. The molecule has 1 rings (SSSR count). The predicted molar refractivity (Wildman–Crippen MR) is 78.4 cm³/mol. The van der Waals surface area contributed by atoms with Crippen molar-refractivity contribution in [2.75, 3.05) is 14.2 Å². The molecule has 102 valence electrons. The second kappa shape index (κ2) is 7.00. The van der Waals surface area contributed by atoms with Crippen LogP contribution in [0, 0.1) is 5.92 Å². The van der Waals surface area contributed by atoms with E-state index in [4.69, 9.17) is 15.2 Å². The van der Waals surface area contributed by atoms with Gasteiger partial charge >= 0.3 is 0 Å². The van der Waals surface area contributed by atoms with E-state index in [1.165, 1.54) is 5.56 Å². The molecule has 18 heavy (non-hydrogen) atoms. The van der Waals surface area contributed by atoms with E-state index in [0.717, 1.165) is 28.8 Å². The van der Waals surface area contributed by atoms with E-state index in [2.05, 4.69) is 28.9 Å². The average molecular weight is 316 g/mol. The van der Waals surface area contributed by atoms with Crippen molar-refractivity contribution in [3.8, 4) is 11.5 Å². The van der Waals surface area contributed by atoms with Gasteiger partial charge in [0, 0.05) is 12.1 Å². The van der Waals surface area contributed by atoms with E-state index in [0.29, 0.717) is 5.92 Å². The van der Waals surface area contributed by atoms with Crippen LogP contribution in [0.3, 0.4) is 0 Å². The zero-order valence-corrected chi connectivity index (χ0v) is 13.1. The topological polar surface area (TPSA) is 44.5 Å². The summed E-state index contributed by atoms with van der Waals surface area (Å²) >= 11 is 3.51. The van der Waals surface area contributed by atoms with Crippen molar-refractivity contribution >= 4 is 15.9 Å². The first-order valence-corrected chi connectivity index (χ1v) is 6.93. The molecule has 0 saturated heterocycles. The van der Waals surface area contributed by atoms with Crippen molar-refractivity contribution in [1.29, 1.82) is 0 Å². The van der Waals surface area contributed by atoms with Crippen LogP contribution >= 0.6 is 15.9 Å². The highest BCUT2D eigenvalue weighted by molar-refractivity contribution is 9.10. The minimum Gasteiger partial charge on any atom is -0.496 e. The average Bonchev–Trinajstić information content (AvgIpc) is 2.28. The predicted octanol–water partition coefficient (Wildman–Crippen LogP) is 3.38. The lowest BCUT2D eigenvalue weighted by molar-refractivity contribution is 0.384. The maximum atomic E-state index is 5.83. The molecule has 0 heterocycles. The van der Waals surface area contributed by atoms with Gasteiger partial charge in [-0.3, -0.25) is 0 Å². The van der Waals surface area contributed by atoms with Gasteiger partial charge in [0.2, 0.25) is 0 Å². The maximum absolute atomic E-state index is 5.83. The smallest absolute Gasteiger partial charge is 0.136 e. The second-order valence-corrected chi connectivity index (χ2v) is 5.68. The Labute approximate surface area is 118 Å². The molecule has 0 amide bonds. The lowest BCUT2D eigenvalue weighted by Gasteiger charge is -2.17. The number of hydrogen-bond donors (Lipinski definition) is 1. The van der Waals surface area contributed by atoms with Gasteiger partial charge < -0.3 is 15.2 Å². The van der Waals surface area contributed by atoms with Crippen molar-refractivity contribution in [1.82, 2.24) is 0 Å². The van der Waals surface area contributed by atoms with Gasteiger partial charge in [0.15, 0.2) is 0 Å². The van der Waals surface area contributed by atoms with Gasteiger partial charge in [-0.05, 0) is 53.2 Å².